The highest BCUT2D eigenvalue weighted by atomic mass is 15.0. The summed E-state index contributed by atoms with van der Waals surface area (Å²) in [7, 11) is 0. The van der Waals surface area contributed by atoms with E-state index in [0.717, 1.165) is 12.1 Å². The van der Waals surface area contributed by atoms with Gasteiger partial charge < -0.3 is 4.57 Å². The molecular formula is C14H14N2. The second-order valence-corrected chi connectivity index (χ2v) is 4.14. The van der Waals surface area contributed by atoms with Crippen LogP contribution in [0, 0.1) is 6.92 Å². The lowest BCUT2D eigenvalue weighted by molar-refractivity contribution is 0.797. The largest absolute Gasteiger partial charge is 0.347 e. The van der Waals surface area contributed by atoms with Crippen molar-refractivity contribution in [3.63, 3.8) is 0 Å². The number of para-hydroxylation sites is 1. The van der Waals surface area contributed by atoms with Crippen molar-refractivity contribution in [2.24, 2.45) is 0 Å². The third-order valence-corrected chi connectivity index (χ3v) is 3.15. The topological polar surface area (TPSA) is 17.8 Å². The maximum atomic E-state index is 4.50. The molecule has 2 heterocycles. The third kappa shape index (κ3) is 1.16. The maximum Gasteiger partial charge on any atom is 0.0723 e. The van der Waals surface area contributed by atoms with Crippen molar-refractivity contribution in [3.8, 4) is 0 Å². The van der Waals surface area contributed by atoms with E-state index < -0.39 is 0 Å². The molecule has 0 spiro atoms. The number of pyridine rings is 1. The van der Waals surface area contributed by atoms with E-state index in [1.807, 2.05) is 12.3 Å². The lowest BCUT2D eigenvalue weighted by atomic mass is 10.1. The maximum absolute atomic E-state index is 4.50. The van der Waals surface area contributed by atoms with Crippen LogP contribution in [-0.2, 0) is 6.54 Å². The first-order valence-corrected chi connectivity index (χ1v) is 5.64. The zero-order valence-corrected chi connectivity index (χ0v) is 9.57. The van der Waals surface area contributed by atoms with E-state index in [2.05, 4.69) is 47.8 Å². The number of hydrogen-bond acceptors (Lipinski definition) is 1. The monoisotopic (exact) mass is 210 g/mol. The van der Waals surface area contributed by atoms with Crippen molar-refractivity contribution in [1.82, 2.24) is 9.55 Å². The molecule has 2 aromatic heterocycles. The fourth-order valence-electron chi connectivity index (χ4n) is 2.34. The summed E-state index contributed by atoms with van der Waals surface area (Å²) in [5.41, 5.74) is 3.68. The predicted molar refractivity (Wildman–Crippen MR) is 67.7 cm³/mol. The quantitative estimate of drug-likeness (QED) is 0.601. The number of hydrogen-bond donors (Lipinski definition) is 0. The molecule has 2 nitrogen and oxygen atoms in total. The normalized spacial score (nSPS) is 11.4. The zero-order valence-electron chi connectivity index (χ0n) is 9.57. The standard InChI is InChI=1S/C14H14N2/c1-3-16-9-10(2)12-8-15-13-7-5-4-6-11(13)14(12)16/h4-9H,3H2,1-2H3. The van der Waals surface area contributed by atoms with Crippen molar-refractivity contribution < 1.29 is 0 Å². The molecular weight excluding hydrogens is 196 g/mol. The summed E-state index contributed by atoms with van der Waals surface area (Å²) in [6, 6.07) is 8.33. The second kappa shape index (κ2) is 3.34. The van der Waals surface area contributed by atoms with Gasteiger partial charge in [-0.25, -0.2) is 0 Å². The van der Waals surface area contributed by atoms with E-state index in [1.54, 1.807) is 0 Å². The highest BCUT2D eigenvalue weighted by Crippen LogP contribution is 2.27. The Morgan fingerprint density at radius 1 is 1.19 bits per heavy atom. The molecule has 0 atom stereocenters. The third-order valence-electron chi connectivity index (χ3n) is 3.15. The van der Waals surface area contributed by atoms with Crippen molar-refractivity contribution in [3.05, 3.63) is 42.2 Å². The first-order valence-electron chi connectivity index (χ1n) is 5.64. The van der Waals surface area contributed by atoms with Crippen molar-refractivity contribution in [2.75, 3.05) is 0 Å². The Kier molecular flexibility index (Phi) is 1.96. The Hall–Kier alpha value is -1.83. The Balaban J connectivity index is 2.58. The molecule has 3 aromatic rings. The van der Waals surface area contributed by atoms with Gasteiger partial charge in [-0.05, 0) is 25.5 Å². The molecule has 3 rings (SSSR count). The lowest BCUT2D eigenvalue weighted by Gasteiger charge is -2.04. The minimum absolute atomic E-state index is 0.998. The van der Waals surface area contributed by atoms with Crippen LogP contribution < -0.4 is 0 Å². The molecule has 0 unspecified atom stereocenters. The van der Waals surface area contributed by atoms with Gasteiger partial charge in [-0.2, -0.15) is 0 Å². The summed E-state index contributed by atoms with van der Waals surface area (Å²) < 4.78 is 2.30. The Morgan fingerprint density at radius 2 is 2.00 bits per heavy atom. The first kappa shape index (κ1) is 9.40. The van der Waals surface area contributed by atoms with Crippen LogP contribution in [0.2, 0.25) is 0 Å². The van der Waals surface area contributed by atoms with Gasteiger partial charge in [-0.1, -0.05) is 18.2 Å². The number of nitrogens with zero attached hydrogens (tertiary/aromatic N) is 2. The molecule has 0 saturated carbocycles. The molecule has 0 aliphatic carbocycles. The van der Waals surface area contributed by atoms with Crippen molar-refractivity contribution >= 4 is 21.8 Å². The summed E-state index contributed by atoms with van der Waals surface area (Å²) in [5, 5.41) is 2.51. The van der Waals surface area contributed by atoms with Gasteiger partial charge in [-0.15, -0.1) is 0 Å². The Labute approximate surface area is 94.5 Å². The SMILES string of the molecule is CCn1cc(C)c2cnc3ccccc3c21. The Morgan fingerprint density at radius 3 is 2.81 bits per heavy atom. The van der Waals surface area contributed by atoms with Crippen LogP contribution in [0.1, 0.15) is 12.5 Å². The number of rotatable bonds is 1. The molecule has 0 N–H and O–H groups in total. The van der Waals surface area contributed by atoms with Crippen LogP contribution >= 0.6 is 0 Å². The fourth-order valence-corrected chi connectivity index (χ4v) is 2.34. The smallest absolute Gasteiger partial charge is 0.0723 e. The van der Waals surface area contributed by atoms with Crippen LogP contribution in [0.15, 0.2) is 36.7 Å². The molecule has 0 aliphatic heterocycles. The average molecular weight is 210 g/mol. The predicted octanol–water partition coefficient (Wildman–Crippen LogP) is 3.52. The number of benzene rings is 1. The summed E-state index contributed by atoms with van der Waals surface area (Å²) in [4.78, 5) is 4.50. The molecule has 16 heavy (non-hydrogen) atoms. The van der Waals surface area contributed by atoms with E-state index in [0.29, 0.717) is 0 Å². The van der Waals surface area contributed by atoms with Crippen LogP contribution in [-0.4, -0.2) is 9.55 Å². The van der Waals surface area contributed by atoms with Gasteiger partial charge in [0.25, 0.3) is 0 Å². The van der Waals surface area contributed by atoms with Gasteiger partial charge in [0.05, 0.1) is 11.0 Å². The average Bonchev–Trinajstić information content (AvgIpc) is 2.66. The molecule has 0 aliphatic rings. The van der Waals surface area contributed by atoms with Gasteiger partial charge in [-0.3, -0.25) is 4.98 Å². The van der Waals surface area contributed by atoms with E-state index in [4.69, 9.17) is 0 Å². The van der Waals surface area contributed by atoms with Crippen molar-refractivity contribution in [2.45, 2.75) is 20.4 Å². The molecule has 1 aromatic carbocycles. The van der Waals surface area contributed by atoms with E-state index in [-0.39, 0.29) is 0 Å². The van der Waals surface area contributed by atoms with Crippen LogP contribution in [0.4, 0.5) is 0 Å². The number of aromatic nitrogens is 2. The zero-order chi connectivity index (χ0) is 11.1. The van der Waals surface area contributed by atoms with Gasteiger partial charge in [0.2, 0.25) is 0 Å². The first-order chi connectivity index (χ1) is 7.81. The molecule has 80 valence electrons. The van der Waals surface area contributed by atoms with E-state index >= 15 is 0 Å². The highest BCUT2D eigenvalue weighted by molar-refractivity contribution is 6.04. The fraction of sp³-hybridized carbons (Fsp3) is 0.214. The highest BCUT2D eigenvalue weighted by Gasteiger charge is 2.08. The minimum Gasteiger partial charge on any atom is -0.347 e. The molecule has 0 radical (unpaired) electrons. The minimum atomic E-state index is 0.998. The molecule has 0 saturated heterocycles. The van der Waals surface area contributed by atoms with Gasteiger partial charge >= 0.3 is 0 Å². The summed E-state index contributed by atoms with van der Waals surface area (Å²) in [6.07, 6.45) is 4.19. The van der Waals surface area contributed by atoms with Crippen LogP contribution in [0.3, 0.4) is 0 Å². The lowest BCUT2D eigenvalue weighted by Crippen LogP contribution is -1.92. The number of fused-ring (bicyclic) bond motifs is 3. The second-order valence-electron chi connectivity index (χ2n) is 4.14. The van der Waals surface area contributed by atoms with Gasteiger partial charge in [0.1, 0.15) is 0 Å². The van der Waals surface area contributed by atoms with Crippen molar-refractivity contribution in [1.29, 1.82) is 0 Å². The summed E-state index contributed by atoms with van der Waals surface area (Å²) >= 11 is 0. The molecule has 2 heteroatoms. The van der Waals surface area contributed by atoms with Gasteiger partial charge in [0.15, 0.2) is 0 Å². The summed E-state index contributed by atoms with van der Waals surface area (Å²) in [5.74, 6) is 0. The van der Waals surface area contributed by atoms with E-state index in [1.165, 1.54) is 21.9 Å². The molecule has 0 bridgehead atoms. The summed E-state index contributed by atoms with van der Waals surface area (Å²) in [6.45, 7) is 5.32. The van der Waals surface area contributed by atoms with Crippen LogP contribution in [0.5, 0.6) is 0 Å². The van der Waals surface area contributed by atoms with Crippen LogP contribution in [0.25, 0.3) is 21.8 Å². The molecule has 0 fully saturated rings. The van der Waals surface area contributed by atoms with E-state index in [9.17, 15) is 0 Å². The Bertz CT molecular complexity index is 665. The van der Waals surface area contributed by atoms with Gasteiger partial charge in [0, 0.05) is 29.7 Å². The molecule has 0 amide bonds. The number of aryl methyl sites for hydroxylation is 2.